The Morgan fingerprint density at radius 2 is 2.00 bits per heavy atom. The summed E-state index contributed by atoms with van der Waals surface area (Å²) in [6, 6.07) is 8.00. The molecule has 0 aliphatic rings. The Kier molecular flexibility index (Phi) is 2.92. The van der Waals surface area contributed by atoms with Gasteiger partial charge in [0.1, 0.15) is 0 Å². The highest BCUT2D eigenvalue weighted by atomic mass is 16.3. The van der Waals surface area contributed by atoms with Crippen molar-refractivity contribution in [3.63, 3.8) is 0 Å². The number of aliphatic hydroxyl groups excluding tert-OH is 1. The van der Waals surface area contributed by atoms with E-state index in [1.54, 1.807) is 0 Å². The fourth-order valence-corrected chi connectivity index (χ4v) is 1.56. The second kappa shape index (κ2) is 4.37. The van der Waals surface area contributed by atoms with Crippen molar-refractivity contribution in [3.8, 4) is 0 Å². The quantitative estimate of drug-likeness (QED) is 0.808. The molecule has 0 fully saturated rings. The first-order valence-corrected chi connectivity index (χ1v) is 5.14. The molecule has 0 amide bonds. The van der Waals surface area contributed by atoms with Crippen molar-refractivity contribution >= 4 is 0 Å². The fraction of sp³-hybridized carbons (Fsp3) is 0.250. The minimum atomic E-state index is -0.226. The molecule has 0 bridgehead atoms. The summed E-state index contributed by atoms with van der Waals surface area (Å²) >= 11 is 0. The molecule has 16 heavy (non-hydrogen) atoms. The molecule has 2 rings (SSSR count). The number of nitrogens with zero attached hydrogens (tertiary/aromatic N) is 1. The number of hydrogen-bond acceptors (Lipinski definition) is 2. The number of aliphatic hydroxyl groups is 1. The van der Waals surface area contributed by atoms with E-state index in [4.69, 9.17) is 5.11 Å². The Morgan fingerprint density at radius 1 is 1.31 bits per heavy atom. The summed E-state index contributed by atoms with van der Waals surface area (Å²) in [4.78, 5) is 11.6. The van der Waals surface area contributed by atoms with Crippen LogP contribution in [0, 0.1) is 6.92 Å². The molecule has 0 aliphatic carbocycles. The first-order valence-electron chi connectivity index (χ1n) is 5.14. The summed E-state index contributed by atoms with van der Waals surface area (Å²) < 4.78 is 1.48. The second-order valence-corrected chi connectivity index (χ2v) is 3.83. The number of benzene rings is 1. The van der Waals surface area contributed by atoms with Gasteiger partial charge in [-0.15, -0.1) is 0 Å². The molecule has 2 N–H and O–H groups in total. The van der Waals surface area contributed by atoms with Crippen molar-refractivity contribution in [2.45, 2.75) is 20.1 Å². The molecule has 4 heteroatoms. The molecule has 0 aliphatic heterocycles. The van der Waals surface area contributed by atoms with Gasteiger partial charge in [0.05, 0.1) is 18.7 Å². The van der Waals surface area contributed by atoms with Crippen LogP contribution < -0.4 is 5.56 Å². The van der Waals surface area contributed by atoms with Crippen LogP contribution in [0.15, 0.2) is 35.3 Å². The van der Waals surface area contributed by atoms with Gasteiger partial charge < -0.3 is 10.2 Å². The number of nitrogens with one attached hydrogen (secondary N) is 1. The van der Waals surface area contributed by atoms with Crippen molar-refractivity contribution in [2.24, 2.45) is 0 Å². The van der Waals surface area contributed by atoms with E-state index in [0.29, 0.717) is 12.1 Å². The zero-order chi connectivity index (χ0) is 11.5. The van der Waals surface area contributed by atoms with E-state index in [1.165, 1.54) is 16.4 Å². The first-order chi connectivity index (χ1) is 7.70. The van der Waals surface area contributed by atoms with Gasteiger partial charge in [0.2, 0.25) is 0 Å². The van der Waals surface area contributed by atoms with Gasteiger partial charge in [-0.2, -0.15) is 0 Å². The van der Waals surface area contributed by atoms with Crippen molar-refractivity contribution in [1.82, 2.24) is 9.78 Å². The summed E-state index contributed by atoms with van der Waals surface area (Å²) in [7, 11) is 0. The third kappa shape index (κ3) is 2.06. The molecule has 0 saturated heterocycles. The smallest absolute Gasteiger partial charge is 0.272 e. The average Bonchev–Trinajstić information content (AvgIpc) is 2.63. The lowest BCUT2D eigenvalue weighted by Gasteiger charge is -2.02. The monoisotopic (exact) mass is 218 g/mol. The zero-order valence-corrected chi connectivity index (χ0v) is 9.10. The highest BCUT2D eigenvalue weighted by Gasteiger charge is 2.04. The van der Waals surface area contributed by atoms with Crippen molar-refractivity contribution in [3.05, 3.63) is 57.5 Å². The van der Waals surface area contributed by atoms with Crippen LogP contribution in [0.5, 0.6) is 0 Å². The van der Waals surface area contributed by atoms with Gasteiger partial charge in [-0.25, -0.2) is 4.68 Å². The van der Waals surface area contributed by atoms with Crippen LogP contribution >= 0.6 is 0 Å². The van der Waals surface area contributed by atoms with Gasteiger partial charge >= 0.3 is 0 Å². The predicted molar refractivity (Wildman–Crippen MR) is 61.3 cm³/mol. The SMILES string of the molecule is Cc1ccc(Cn2[nH]cc(CO)c2=O)cc1. The zero-order valence-electron chi connectivity index (χ0n) is 9.10. The molecule has 2 aromatic rings. The Bertz CT molecular complexity index is 523. The molecule has 4 nitrogen and oxygen atoms in total. The maximum absolute atomic E-state index is 11.6. The minimum Gasteiger partial charge on any atom is -0.391 e. The number of aromatic nitrogens is 2. The Balaban J connectivity index is 2.24. The van der Waals surface area contributed by atoms with Gasteiger partial charge in [-0.05, 0) is 12.5 Å². The third-order valence-corrected chi connectivity index (χ3v) is 2.55. The van der Waals surface area contributed by atoms with Crippen molar-refractivity contribution in [2.75, 3.05) is 0 Å². The fourth-order valence-electron chi connectivity index (χ4n) is 1.56. The molecule has 0 spiro atoms. The molecule has 0 unspecified atom stereocenters. The summed E-state index contributed by atoms with van der Waals surface area (Å²) in [5.41, 5.74) is 2.48. The van der Waals surface area contributed by atoms with E-state index in [0.717, 1.165) is 5.56 Å². The van der Waals surface area contributed by atoms with Crippen LogP contribution in [-0.4, -0.2) is 14.9 Å². The van der Waals surface area contributed by atoms with E-state index in [-0.39, 0.29) is 12.2 Å². The van der Waals surface area contributed by atoms with Crippen molar-refractivity contribution in [1.29, 1.82) is 0 Å². The maximum Gasteiger partial charge on any atom is 0.272 e. The van der Waals surface area contributed by atoms with E-state index in [9.17, 15) is 4.79 Å². The molecule has 1 aromatic heterocycles. The summed E-state index contributed by atoms with van der Waals surface area (Å²) in [5, 5.41) is 11.7. The van der Waals surface area contributed by atoms with E-state index in [2.05, 4.69) is 5.10 Å². The lowest BCUT2D eigenvalue weighted by atomic mass is 10.1. The maximum atomic E-state index is 11.6. The minimum absolute atomic E-state index is 0.164. The molecule has 1 aromatic carbocycles. The van der Waals surface area contributed by atoms with Crippen LogP contribution in [0.25, 0.3) is 0 Å². The highest BCUT2D eigenvalue weighted by molar-refractivity contribution is 5.21. The van der Waals surface area contributed by atoms with Gasteiger partial charge in [0, 0.05) is 6.20 Å². The third-order valence-electron chi connectivity index (χ3n) is 2.55. The predicted octanol–water partition coefficient (Wildman–Crippen LogP) is 1.03. The average molecular weight is 218 g/mol. The Hall–Kier alpha value is -1.81. The van der Waals surface area contributed by atoms with Gasteiger partial charge in [-0.1, -0.05) is 29.8 Å². The topological polar surface area (TPSA) is 58.0 Å². The lowest BCUT2D eigenvalue weighted by Crippen LogP contribution is -2.19. The Morgan fingerprint density at radius 3 is 2.56 bits per heavy atom. The van der Waals surface area contributed by atoms with Crippen LogP contribution in [-0.2, 0) is 13.2 Å². The number of H-pyrrole nitrogens is 1. The molecule has 0 radical (unpaired) electrons. The van der Waals surface area contributed by atoms with E-state index in [1.807, 2.05) is 31.2 Å². The van der Waals surface area contributed by atoms with Gasteiger partial charge in [-0.3, -0.25) is 4.79 Å². The van der Waals surface area contributed by atoms with Crippen LogP contribution in [0.3, 0.4) is 0 Å². The van der Waals surface area contributed by atoms with Crippen molar-refractivity contribution < 1.29 is 5.11 Å². The van der Waals surface area contributed by atoms with Crippen LogP contribution in [0.4, 0.5) is 0 Å². The van der Waals surface area contributed by atoms with Gasteiger partial charge in [0.25, 0.3) is 5.56 Å². The number of hydrogen-bond donors (Lipinski definition) is 2. The highest BCUT2D eigenvalue weighted by Crippen LogP contribution is 2.04. The molecular formula is C12H14N2O2. The second-order valence-electron chi connectivity index (χ2n) is 3.83. The number of aryl methyl sites for hydroxylation is 1. The van der Waals surface area contributed by atoms with E-state index >= 15 is 0 Å². The number of aromatic amines is 1. The molecule has 84 valence electrons. The van der Waals surface area contributed by atoms with Gasteiger partial charge in [0.15, 0.2) is 0 Å². The molecule has 1 heterocycles. The first kappa shape index (κ1) is 10.7. The lowest BCUT2D eigenvalue weighted by molar-refractivity contribution is 0.280. The molecule has 0 saturated carbocycles. The normalized spacial score (nSPS) is 10.6. The summed E-state index contributed by atoms with van der Waals surface area (Å²) in [6.45, 7) is 2.30. The summed E-state index contributed by atoms with van der Waals surface area (Å²) in [5.74, 6) is 0. The van der Waals surface area contributed by atoms with E-state index < -0.39 is 0 Å². The van der Waals surface area contributed by atoms with Crippen LogP contribution in [0.2, 0.25) is 0 Å². The standard InChI is InChI=1S/C12H14N2O2/c1-9-2-4-10(5-3-9)7-14-12(16)11(8-15)6-13-14/h2-6,13,15H,7-8H2,1H3. The molecular weight excluding hydrogens is 204 g/mol. The largest absolute Gasteiger partial charge is 0.391 e. The number of rotatable bonds is 3. The van der Waals surface area contributed by atoms with Crippen LogP contribution in [0.1, 0.15) is 16.7 Å². The molecule has 0 atom stereocenters. The Labute approximate surface area is 93.1 Å². The summed E-state index contributed by atoms with van der Waals surface area (Å²) in [6.07, 6.45) is 1.54.